The van der Waals surface area contributed by atoms with Crippen molar-refractivity contribution >= 4 is 17.3 Å². The summed E-state index contributed by atoms with van der Waals surface area (Å²) < 4.78 is 68.2. The third kappa shape index (κ3) is 1.89. The molecule has 0 aliphatic carbocycles. The van der Waals surface area contributed by atoms with Gasteiger partial charge in [-0.2, -0.15) is 22.0 Å². The Morgan fingerprint density at radius 3 is 2.32 bits per heavy atom. The van der Waals surface area contributed by atoms with Crippen LogP contribution >= 0.6 is 0 Å². The van der Waals surface area contributed by atoms with Gasteiger partial charge in [0.05, 0.1) is 5.56 Å². The zero-order valence-electron chi connectivity index (χ0n) is 9.52. The Labute approximate surface area is 103 Å². The first kappa shape index (κ1) is 13.5. The lowest BCUT2D eigenvalue weighted by molar-refractivity contribution is -0.295. The average molecular weight is 278 g/mol. The summed E-state index contributed by atoms with van der Waals surface area (Å²) in [4.78, 5) is 10.7. The first-order valence-electron chi connectivity index (χ1n) is 5.12. The molecule has 0 spiro atoms. The molecule has 1 aromatic heterocycles. The standard InChI is InChI=1S/C12H7F5O2/c1-6-8-4-2-3-7(5-18)9(8)19-10(6)11(13,14)12(15,16)17/h2-5H,1H3. The second-order valence-electron chi connectivity index (χ2n) is 3.97. The van der Waals surface area contributed by atoms with Crippen LogP contribution in [0.4, 0.5) is 22.0 Å². The van der Waals surface area contributed by atoms with Crippen LogP contribution in [0.1, 0.15) is 21.7 Å². The van der Waals surface area contributed by atoms with Crippen LogP contribution in [-0.4, -0.2) is 12.5 Å². The molecular weight excluding hydrogens is 271 g/mol. The molecule has 0 aliphatic rings. The number of halogens is 5. The second kappa shape index (κ2) is 4.04. The molecule has 0 bridgehead atoms. The van der Waals surface area contributed by atoms with Gasteiger partial charge < -0.3 is 4.42 Å². The first-order chi connectivity index (χ1) is 8.70. The van der Waals surface area contributed by atoms with Crippen molar-refractivity contribution in [2.75, 3.05) is 0 Å². The highest BCUT2D eigenvalue weighted by Crippen LogP contribution is 2.47. The van der Waals surface area contributed by atoms with Crippen molar-refractivity contribution in [3.8, 4) is 0 Å². The molecule has 0 amide bonds. The minimum Gasteiger partial charge on any atom is -0.453 e. The van der Waals surface area contributed by atoms with E-state index in [1.807, 2.05) is 0 Å². The number of rotatable bonds is 2. The van der Waals surface area contributed by atoms with E-state index in [1.165, 1.54) is 18.2 Å². The minimum absolute atomic E-state index is 0.0588. The van der Waals surface area contributed by atoms with Gasteiger partial charge >= 0.3 is 12.1 Å². The molecule has 0 fully saturated rings. The van der Waals surface area contributed by atoms with E-state index in [2.05, 4.69) is 4.42 Å². The lowest BCUT2D eigenvalue weighted by Gasteiger charge is -2.17. The number of alkyl halides is 5. The van der Waals surface area contributed by atoms with Crippen molar-refractivity contribution in [2.24, 2.45) is 0 Å². The maximum atomic E-state index is 13.3. The van der Waals surface area contributed by atoms with E-state index in [9.17, 15) is 26.7 Å². The normalized spacial score (nSPS) is 12.9. The van der Waals surface area contributed by atoms with Gasteiger partial charge in [0.15, 0.2) is 12.0 Å². The van der Waals surface area contributed by atoms with E-state index in [-0.39, 0.29) is 22.1 Å². The molecule has 0 aliphatic heterocycles. The Morgan fingerprint density at radius 2 is 1.79 bits per heavy atom. The fraction of sp³-hybridized carbons (Fsp3) is 0.250. The van der Waals surface area contributed by atoms with E-state index in [1.54, 1.807) is 0 Å². The summed E-state index contributed by atoms with van der Waals surface area (Å²) in [6.45, 7) is 1.09. The highest BCUT2D eigenvalue weighted by molar-refractivity contribution is 5.96. The number of hydrogen-bond donors (Lipinski definition) is 0. The predicted molar refractivity (Wildman–Crippen MR) is 56.3 cm³/mol. The number of para-hydroxylation sites is 1. The van der Waals surface area contributed by atoms with Crippen molar-refractivity contribution < 1.29 is 31.2 Å². The third-order valence-electron chi connectivity index (χ3n) is 2.76. The number of fused-ring (bicyclic) bond motifs is 1. The number of furan rings is 1. The summed E-state index contributed by atoms with van der Waals surface area (Å²) in [7, 11) is 0. The summed E-state index contributed by atoms with van der Waals surface area (Å²) in [5, 5.41) is 0.0588. The van der Waals surface area contributed by atoms with Gasteiger partial charge in [-0.25, -0.2) is 0 Å². The van der Waals surface area contributed by atoms with Crippen LogP contribution in [0.2, 0.25) is 0 Å². The summed E-state index contributed by atoms with van der Waals surface area (Å²) in [6.07, 6.45) is -5.42. The zero-order chi connectivity index (χ0) is 14.4. The lowest BCUT2D eigenvalue weighted by atomic mass is 10.1. The van der Waals surface area contributed by atoms with Crippen LogP contribution in [0.15, 0.2) is 22.6 Å². The molecule has 0 saturated heterocycles. The van der Waals surface area contributed by atoms with Gasteiger partial charge in [-0.1, -0.05) is 12.1 Å². The third-order valence-corrected chi connectivity index (χ3v) is 2.76. The fourth-order valence-corrected chi connectivity index (χ4v) is 1.79. The van der Waals surface area contributed by atoms with E-state index in [0.29, 0.717) is 6.29 Å². The van der Waals surface area contributed by atoms with Crippen LogP contribution in [0.25, 0.3) is 11.0 Å². The van der Waals surface area contributed by atoms with Gasteiger partial charge in [-0.05, 0) is 13.0 Å². The summed E-state index contributed by atoms with van der Waals surface area (Å²) in [6, 6.07) is 3.97. The molecule has 0 atom stereocenters. The number of carbonyl (C=O) groups excluding carboxylic acids is 1. The monoisotopic (exact) mass is 278 g/mol. The number of aldehydes is 1. The first-order valence-corrected chi connectivity index (χ1v) is 5.12. The van der Waals surface area contributed by atoms with Crippen molar-refractivity contribution in [1.29, 1.82) is 0 Å². The van der Waals surface area contributed by atoms with Gasteiger partial charge in [-0.15, -0.1) is 0 Å². The van der Waals surface area contributed by atoms with Gasteiger partial charge in [0.25, 0.3) is 0 Å². The number of aryl methyl sites for hydroxylation is 1. The molecule has 19 heavy (non-hydrogen) atoms. The molecule has 2 nitrogen and oxygen atoms in total. The van der Waals surface area contributed by atoms with E-state index in [4.69, 9.17) is 0 Å². The van der Waals surface area contributed by atoms with Gasteiger partial charge in [-0.3, -0.25) is 4.79 Å². The maximum Gasteiger partial charge on any atom is 0.461 e. The molecule has 2 aromatic rings. The van der Waals surface area contributed by atoms with E-state index in [0.717, 1.165) is 6.92 Å². The topological polar surface area (TPSA) is 30.2 Å². The SMILES string of the molecule is Cc1c(C(F)(F)C(F)(F)F)oc2c(C=O)cccc12. The summed E-state index contributed by atoms with van der Waals surface area (Å²) in [5.74, 6) is -6.58. The largest absolute Gasteiger partial charge is 0.461 e. The lowest BCUT2D eigenvalue weighted by Crippen LogP contribution is -2.33. The van der Waals surface area contributed by atoms with E-state index < -0.39 is 17.9 Å². The van der Waals surface area contributed by atoms with Crippen molar-refractivity contribution in [3.05, 3.63) is 35.1 Å². The highest BCUT2D eigenvalue weighted by Gasteiger charge is 2.62. The van der Waals surface area contributed by atoms with Gasteiger partial charge in [0.1, 0.15) is 5.58 Å². The van der Waals surface area contributed by atoms with Gasteiger partial charge in [0.2, 0.25) is 0 Å². The molecule has 1 heterocycles. The Balaban J connectivity index is 2.77. The van der Waals surface area contributed by atoms with Crippen LogP contribution in [0.3, 0.4) is 0 Å². The molecular formula is C12H7F5O2. The second-order valence-corrected chi connectivity index (χ2v) is 3.97. The maximum absolute atomic E-state index is 13.3. The van der Waals surface area contributed by atoms with Crippen LogP contribution in [-0.2, 0) is 5.92 Å². The fourth-order valence-electron chi connectivity index (χ4n) is 1.79. The Kier molecular flexibility index (Phi) is 2.87. The Hall–Kier alpha value is -1.92. The Morgan fingerprint density at radius 1 is 1.16 bits per heavy atom. The molecule has 7 heteroatoms. The summed E-state index contributed by atoms with van der Waals surface area (Å²) >= 11 is 0. The molecule has 0 saturated carbocycles. The van der Waals surface area contributed by atoms with Gasteiger partial charge in [0, 0.05) is 10.9 Å². The van der Waals surface area contributed by atoms with Crippen LogP contribution < -0.4 is 0 Å². The van der Waals surface area contributed by atoms with Crippen LogP contribution in [0.5, 0.6) is 0 Å². The average Bonchev–Trinajstić information content (AvgIpc) is 2.66. The zero-order valence-corrected chi connectivity index (χ0v) is 9.52. The molecule has 1 aromatic carbocycles. The smallest absolute Gasteiger partial charge is 0.453 e. The molecule has 0 radical (unpaired) electrons. The minimum atomic E-state index is -5.76. The highest BCUT2D eigenvalue weighted by atomic mass is 19.4. The quantitative estimate of drug-likeness (QED) is 0.608. The number of benzene rings is 1. The predicted octanol–water partition coefficient (Wildman–Crippen LogP) is 4.21. The molecule has 0 unspecified atom stereocenters. The van der Waals surface area contributed by atoms with Crippen molar-refractivity contribution in [2.45, 2.75) is 19.0 Å². The number of carbonyl (C=O) groups is 1. The van der Waals surface area contributed by atoms with Crippen LogP contribution in [0, 0.1) is 6.92 Å². The van der Waals surface area contributed by atoms with E-state index >= 15 is 0 Å². The van der Waals surface area contributed by atoms with Crippen molar-refractivity contribution in [3.63, 3.8) is 0 Å². The summed E-state index contributed by atoms with van der Waals surface area (Å²) in [5.41, 5.74) is -0.681. The molecule has 102 valence electrons. The van der Waals surface area contributed by atoms with Crippen molar-refractivity contribution in [1.82, 2.24) is 0 Å². The molecule has 2 rings (SSSR count). The number of hydrogen-bond acceptors (Lipinski definition) is 2. The molecule has 0 N–H and O–H groups in total. The Bertz CT molecular complexity index is 639.